The monoisotopic (exact) mass is 274 g/mol. The molecule has 1 aromatic rings. The van der Waals surface area contributed by atoms with Gasteiger partial charge in [0.05, 0.1) is 0 Å². The van der Waals surface area contributed by atoms with Crippen molar-refractivity contribution in [3.05, 3.63) is 35.4 Å². The number of benzene rings is 1. The van der Waals surface area contributed by atoms with Crippen LogP contribution in [-0.4, -0.2) is 24.0 Å². The second kappa shape index (κ2) is 7.80. The van der Waals surface area contributed by atoms with E-state index in [-0.39, 0.29) is 0 Å². The van der Waals surface area contributed by atoms with Crippen LogP contribution in [0.4, 0.5) is 0 Å². The van der Waals surface area contributed by atoms with E-state index in [2.05, 4.69) is 55.3 Å². The average molecular weight is 274 g/mol. The molecule has 0 aromatic heterocycles. The highest BCUT2D eigenvalue weighted by Gasteiger charge is 2.25. The Hall–Kier alpha value is -0.860. The second-order valence-corrected chi connectivity index (χ2v) is 6.46. The van der Waals surface area contributed by atoms with E-state index in [4.69, 9.17) is 0 Å². The van der Waals surface area contributed by atoms with Crippen LogP contribution in [0.25, 0.3) is 0 Å². The zero-order chi connectivity index (χ0) is 14.4. The van der Waals surface area contributed by atoms with Gasteiger partial charge in [0.1, 0.15) is 0 Å². The predicted octanol–water partition coefficient (Wildman–Crippen LogP) is 3.81. The van der Waals surface area contributed by atoms with E-state index in [0.29, 0.717) is 6.04 Å². The maximum absolute atomic E-state index is 3.48. The van der Waals surface area contributed by atoms with Crippen molar-refractivity contribution in [3.8, 4) is 0 Å². The first-order valence-electron chi connectivity index (χ1n) is 8.21. The zero-order valence-electron chi connectivity index (χ0n) is 13.4. The fraction of sp³-hybridized carbons (Fsp3) is 0.667. The van der Waals surface area contributed by atoms with Crippen LogP contribution in [-0.2, 0) is 13.1 Å². The van der Waals surface area contributed by atoms with Gasteiger partial charge in [0, 0.05) is 25.7 Å². The molecule has 0 atom stereocenters. The van der Waals surface area contributed by atoms with Gasteiger partial charge in [-0.05, 0) is 56.7 Å². The Kier molecular flexibility index (Phi) is 6.06. The quantitative estimate of drug-likeness (QED) is 0.689. The summed E-state index contributed by atoms with van der Waals surface area (Å²) < 4.78 is 0. The smallest absolute Gasteiger partial charge is 0.0236 e. The van der Waals surface area contributed by atoms with Crippen molar-refractivity contribution < 1.29 is 0 Å². The molecule has 0 heterocycles. The van der Waals surface area contributed by atoms with E-state index in [1.165, 1.54) is 36.9 Å². The first-order valence-corrected chi connectivity index (χ1v) is 8.21. The van der Waals surface area contributed by atoms with E-state index < -0.39 is 0 Å². The second-order valence-electron chi connectivity index (χ2n) is 6.46. The molecule has 1 saturated carbocycles. The third kappa shape index (κ3) is 5.26. The minimum atomic E-state index is 0.637. The Morgan fingerprint density at radius 3 is 2.65 bits per heavy atom. The fourth-order valence-electron chi connectivity index (χ4n) is 2.57. The van der Waals surface area contributed by atoms with Crippen molar-refractivity contribution in [3.63, 3.8) is 0 Å². The molecule has 0 saturated heterocycles. The van der Waals surface area contributed by atoms with Gasteiger partial charge in [-0.25, -0.2) is 0 Å². The summed E-state index contributed by atoms with van der Waals surface area (Å²) >= 11 is 0. The van der Waals surface area contributed by atoms with Crippen molar-refractivity contribution >= 4 is 0 Å². The summed E-state index contributed by atoms with van der Waals surface area (Å²) in [7, 11) is 0. The Balaban J connectivity index is 1.90. The molecule has 2 rings (SSSR count). The first-order chi connectivity index (χ1) is 9.69. The fourth-order valence-corrected chi connectivity index (χ4v) is 2.57. The van der Waals surface area contributed by atoms with E-state index >= 15 is 0 Å². The van der Waals surface area contributed by atoms with Crippen LogP contribution in [0.5, 0.6) is 0 Å². The SMILES string of the molecule is CCCNCc1cccc(CN(CC2CC2)C(C)C)c1. The predicted molar refractivity (Wildman–Crippen MR) is 86.7 cm³/mol. The maximum atomic E-state index is 3.48. The normalized spacial score (nSPS) is 15.2. The lowest BCUT2D eigenvalue weighted by Gasteiger charge is -2.26. The van der Waals surface area contributed by atoms with E-state index in [1.54, 1.807) is 0 Å². The van der Waals surface area contributed by atoms with Gasteiger partial charge >= 0.3 is 0 Å². The topological polar surface area (TPSA) is 15.3 Å². The molecule has 0 aliphatic heterocycles. The van der Waals surface area contributed by atoms with Crippen LogP contribution in [0.3, 0.4) is 0 Å². The van der Waals surface area contributed by atoms with Crippen molar-refractivity contribution in [2.75, 3.05) is 13.1 Å². The molecule has 1 aliphatic carbocycles. The van der Waals surface area contributed by atoms with Crippen molar-refractivity contribution in [1.29, 1.82) is 0 Å². The summed E-state index contributed by atoms with van der Waals surface area (Å²) in [4.78, 5) is 2.62. The Bertz CT molecular complexity index is 396. The van der Waals surface area contributed by atoms with Crippen LogP contribution in [0, 0.1) is 5.92 Å². The van der Waals surface area contributed by atoms with Crippen LogP contribution in [0.15, 0.2) is 24.3 Å². The molecular formula is C18H30N2. The van der Waals surface area contributed by atoms with Gasteiger partial charge in [-0.3, -0.25) is 4.90 Å². The van der Waals surface area contributed by atoms with Gasteiger partial charge in [0.2, 0.25) is 0 Å². The lowest BCUT2D eigenvalue weighted by Crippen LogP contribution is -2.32. The summed E-state index contributed by atoms with van der Waals surface area (Å²) in [6.45, 7) is 11.3. The lowest BCUT2D eigenvalue weighted by molar-refractivity contribution is 0.204. The van der Waals surface area contributed by atoms with Gasteiger partial charge in [-0.15, -0.1) is 0 Å². The molecule has 2 nitrogen and oxygen atoms in total. The van der Waals surface area contributed by atoms with E-state index in [9.17, 15) is 0 Å². The third-order valence-electron chi connectivity index (χ3n) is 4.05. The average Bonchev–Trinajstić information content (AvgIpc) is 3.23. The van der Waals surface area contributed by atoms with Crippen LogP contribution < -0.4 is 5.32 Å². The Labute approximate surface area is 124 Å². The van der Waals surface area contributed by atoms with Crippen molar-refractivity contribution in [1.82, 2.24) is 10.2 Å². The molecule has 0 spiro atoms. The number of hydrogen-bond donors (Lipinski definition) is 1. The molecular weight excluding hydrogens is 244 g/mol. The molecule has 0 amide bonds. The van der Waals surface area contributed by atoms with Gasteiger partial charge in [-0.1, -0.05) is 31.2 Å². The number of nitrogens with one attached hydrogen (secondary N) is 1. The molecule has 1 aromatic carbocycles. The molecule has 2 heteroatoms. The first kappa shape index (κ1) is 15.5. The Morgan fingerprint density at radius 1 is 1.25 bits per heavy atom. The third-order valence-corrected chi connectivity index (χ3v) is 4.05. The van der Waals surface area contributed by atoms with Crippen molar-refractivity contribution in [2.24, 2.45) is 5.92 Å². The largest absolute Gasteiger partial charge is 0.313 e. The van der Waals surface area contributed by atoms with Gasteiger partial charge < -0.3 is 5.32 Å². The summed E-state index contributed by atoms with van der Waals surface area (Å²) in [5.74, 6) is 0.965. The van der Waals surface area contributed by atoms with Gasteiger partial charge in [0.25, 0.3) is 0 Å². The summed E-state index contributed by atoms with van der Waals surface area (Å²) in [5.41, 5.74) is 2.86. The number of hydrogen-bond acceptors (Lipinski definition) is 2. The minimum Gasteiger partial charge on any atom is -0.313 e. The highest BCUT2D eigenvalue weighted by Crippen LogP contribution is 2.30. The maximum Gasteiger partial charge on any atom is 0.0236 e. The molecule has 0 bridgehead atoms. The number of rotatable bonds is 9. The van der Waals surface area contributed by atoms with Crippen LogP contribution in [0.2, 0.25) is 0 Å². The van der Waals surface area contributed by atoms with E-state index in [0.717, 1.165) is 25.6 Å². The molecule has 1 fully saturated rings. The Morgan fingerprint density at radius 2 is 2.00 bits per heavy atom. The lowest BCUT2D eigenvalue weighted by atomic mass is 10.1. The summed E-state index contributed by atoms with van der Waals surface area (Å²) in [5, 5.41) is 3.48. The minimum absolute atomic E-state index is 0.637. The molecule has 0 unspecified atom stereocenters. The number of nitrogens with zero attached hydrogens (tertiary/aromatic N) is 1. The standard InChI is InChI=1S/C18H30N2/c1-4-10-19-12-17-6-5-7-18(11-17)14-20(15(2)3)13-16-8-9-16/h5-7,11,15-16,19H,4,8-10,12-14H2,1-3H3. The van der Waals surface area contributed by atoms with Crippen molar-refractivity contribution in [2.45, 2.75) is 59.2 Å². The molecule has 1 N–H and O–H groups in total. The molecule has 1 aliphatic rings. The van der Waals surface area contributed by atoms with E-state index in [1.807, 2.05) is 0 Å². The highest BCUT2D eigenvalue weighted by atomic mass is 15.1. The highest BCUT2D eigenvalue weighted by molar-refractivity contribution is 5.23. The summed E-state index contributed by atoms with van der Waals surface area (Å²) in [6, 6.07) is 9.70. The molecule has 112 valence electrons. The van der Waals surface area contributed by atoms with Gasteiger partial charge in [-0.2, -0.15) is 0 Å². The zero-order valence-corrected chi connectivity index (χ0v) is 13.4. The van der Waals surface area contributed by atoms with Crippen LogP contribution in [0.1, 0.15) is 51.2 Å². The van der Waals surface area contributed by atoms with Crippen LogP contribution >= 0.6 is 0 Å². The molecule has 0 radical (unpaired) electrons. The van der Waals surface area contributed by atoms with Gasteiger partial charge in [0.15, 0.2) is 0 Å². The summed E-state index contributed by atoms with van der Waals surface area (Å²) in [6.07, 6.45) is 4.07. The molecule has 20 heavy (non-hydrogen) atoms.